The Labute approximate surface area is 205 Å². The fourth-order valence-corrected chi connectivity index (χ4v) is 4.28. The van der Waals surface area contributed by atoms with Gasteiger partial charge in [0.1, 0.15) is 5.76 Å². The van der Waals surface area contributed by atoms with E-state index in [1.54, 1.807) is 43.6 Å². The van der Waals surface area contributed by atoms with Gasteiger partial charge in [0.15, 0.2) is 0 Å². The van der Waals surface area contributed by atoms with Crippen LogP contribution in [0.25, 0.3) is 0 Å². The number of nitrogens with one attached hydrogen (secondary N) is 1. The lowest BCUT2D eigenvalue weighted by Gasteiger charge is -2.36. The van der Waals surface area contributed by atoms with Crippen LogP contribution in [0.2, 0.25) is 0 Å². The van der Waals surface area contributed by atoms with Crippen molar-refractivity contribution in [1.82, 2.24) is 20.0 Å². The van der Waals surface area contributed by atoms with Gasteiger partial charge in [0.25, 0.3) is 5.91 Å². The summed E-state index contributed by atoms with van der Waals surface area (Å²) in [5.41, 5.74) is 0.991. The van der Waals surface area contributed by atoms with Crippen LogP contribution in [0.3, 0.4) is 0 Å². The van der Waals surface area contributed by atoms with E-state index in [9.17, 15) is 14.4 Å². The van der Waals surface area contributed by atoms with Crippen LogP contribution in [0, 0.1) is 0 Å². The molecule has 35 heavy (non-hydrogen) atoms. The van der Waals surface area contributed by atoms with Crippen molar-refractivity contribution >= 4 is 23.4 Å². The molecule has 0 radical (unpaired) electrons. The zero-order valence-corrected chi connectivity index (χ0v) is 20.1. The highest BCUT2D eigenvalue weighted by atomic mass is 16.5. The van der Waals surface area contributed by atoms with E-state index in [0.717, 1.165) is 13.1 Å². The molecular weight excluding hydrogens is 450 g/mol. The monoisotopic (exact) mass is 483 g/mol. The number of amides is 3. The number of carbonyl (C=O) groups is 3. The molecular formula is C25H33N5O5. The topological polar surface area (TPSA) is 98.6 Å². The number of benzene rings is 1. The minimum atomic E-state index is -0.268. The number of morpholine rings is 1. The average molecular weight is 484 g/mol. The Kier molecular flexibility index (Phi) is 8.51. The van der Waals surface area contributed by atoms with Crippen LogP contribution in [0.15, 0.2) is 47.1 Å². The van der Waals surface area contributed by atoms with Gasteiger partial charge in [-0.2, -0.15) is 0 Å². The Morgan fingerprint density at radius 1 is 0.914 bits per heavy atom. The summed E-state index contributed by atoms with van der Waals surface area (Å²) in [5.74, 6) is 0.440. The third-order valence-corrected chi connectivity index (χ3v) is 6.43. The maximum absolute atomic E-state index is 13.0. The van der Waals surface area contributed by atoms with E-state index in [0.29, 0.717) is 62.9 Å². The van der Waals surface area contributed by atoms with Gasteiger partial charge in [-0.1, -0.05) is 12.1 Å². The van der Waals surface area contributed by atoms with Crippen LogP contribution in [0.5, 0.6) is 0 Å². The van der Waals surface area contributed by atoms with E-state index < -0.39 is 0 Å². The third-order valence-electron chi connectivity index (χ3n) is 6.43. The molecule has 0 saturated carbocycles. The van der Waals surface area contributed by atoms with E-state index in [1.807, 2.05) is 11.0 Å². The lowest BCUT2D eigenvalue weighted by atomic mass is 10.1. The maximum Gasteiger partial charge on any atom is 0.253 e. The quantitative estimate of drug-likeness (QED) is 0.589. The molecule has 1 N–H and O–H groups in total. The molecule has 0 spiro atoms. The summed E-state index contributed by atoms with van der Waals surface area (Å²) in [5, 5.41) is 2.84. The highest BCUT2D eigenvalue weighted by Crippen LogP contribution is 2.20. The van der Waals surface area contributed by atoms with Crippen LogP contribution >= 0.6 is 0 Å². The lowest BCUT2D eigenvalue weighted by Crippen LogP contribution is -2.53. The summed E-state index contributed by atoms with van der Waals surface area (Å²) in [6, 6.07) is 10.6. The summed E-state index contributed by atoms with van der Waals surface area (Å²) in [4.78, 5) is 45.9. The smallest absolute Gasteiger partial charge is 0.253 e. The van der Waals surface area contributed by atoms with Gasteiger partial charge in [-0.25, -0.2) is 0 Å². The van der Waals surface area contributed by atoms with Crippen molar-refractivity contribution in [2.45, 2.75) is 6.54 Å². The van der Waals surface area contributed by atoms with E-state index in [2.05, 4.69) is 15.1 Å². The number of hydrogen-bond acceptors (Lipinski definition) is 7. The molecule has 1 aromatic heterocycles. The van der Waals surface area contributed by atoms with E-state index in [4.69, 9.17) is 9.15 Å². The molecule has 4 rings (SSSR count). The predicted octanol–water partition coefficient (Wildman–Crippen LogP) is 0.649. The zero-order chi connectivity index (χ0) is 24.6. The van der Waals surface area contributed by atoms with Crippen molar-refractivity contribution in [2.75, 3.05) is 77.5 Å². The average Bonchev–Trinajstić information content (AvgIpc) is 3.42. The summed E-state index contributed by atoms with van der Waals surface area (Å²) >= 11 is 0. The Morgan fingerprint density at radius 2 is 1.60 bits per heavy atom. The van der Waals surface area contributed by atoms with Crippen molar-refractivity contribution in [3.63, 3.8) is 0 Å². The van der Waals surface area contributed by atoms with Crippen molar-refractivity contribution < 1.29 is 23.5 Å². The molecule has 2 saturated heterocycles. The second-order valence-corrected chi connectivity index (χ2v) is 8.78. The van der Waals surface area contributed by atoms with Gasteiger partial charge in [-0.15, -0.1) is 0 Å². The molecule has 0 bridgehead atoms. The Morgan fingerprint density at radius 3 is 2.29 bits per heavy atom. The molecule has 2 aliphatic heterocycles. The van der Waals surface area contributed by atoms with Crippen LogP contribution in [-0.4, -0.2) is 105 Å². The van der Waals surface area contributed by atoms with Crippen molar-refractivity contribution in [3.05, 3.63) is 54.0 Å². The Balaban J connectivity index is 1.26. The number of furan rings is 1. The van der Waals surface area contributed by atoms with Gasteiger partial charge in [0.05, 0.1) is 50.4 Å². The Bertz CT molecular complexity index is 997. The number of para-hydroxylation sites is 1. The molecule has 2 fully saturated rings. The molecule has 0 aliphatic carbocycles. The minimum Gasteiger partial charge on any atom is -0.467 e. The fraction of sp³-hybridized carbons (Fsp3) is 0.480. The highest BCUT2D eigenvalue weighted by molar-refractivity contribution is 6.05. The van der Waals surface area contributed by atoms with Crippen molar-refractivity contribution in [3.8, 4) is 0 Å². The van der Waals surface area contributed by atoms with E-state index >= 15 is 0 Å². The standard InChI is InChI=1S/C25H33N5O5/c1-27(22-7-3-2-6-21(22)25(33)26-17-20-5-4-14-35-20)23(31)18-28-8-10-29(11-9-28)19-24(32)30-12-15-34-16-13-30/h2-7,14H,8-13,15-19H2,1H3,(H,26,33). The fourth-order valence-electron chi connectivity index (χ4n) is 4.28. The second-order valence-electron chi connectivity index (χ2n) is 8.78. The predicted molar refractivity (Wildman–Crippen MR) is 130 cm³/mol. The first kappa shape index (κ1) is 24.9. The summed E-state index contributed by atoms with van der Waals surface area (Å²) < 4.78 is 10.6. The van der Waals surface area contributed by atoms with Crippen LogP contribution in [0.4, 0.5) is 5.69 Å². The maximum atomic E-state index is 13.0. The molecule has 3 heterocycles. The van der Waals surface area contributed by atoms with Gasteiger partial charge in [-0.05, 0) is 24.3 Å². The van der Waals surface area contributed by atoms with E-state index in [1.165, 1.54) is 4.90 Å². The molecule has 0 unspecified atom stereocenters. The van der Waals surface area contributed by atoms with Gasteiger partial charge in [-0.3, -0.25) is 24.2 Å². The lowest BCUT2D eigenvalue weighted by molar-refractivity contribution is -0.137. The number of rotatable bonds is 8. The number of ether oxygens (including phenoxy) is 1. The van der Waals surface area contributed by atoms with Crippen molar-refractivity contribution in [2.24, 2.45) is 0 Å². The number of anilines is 1. The highest BCUT2D eigenvalue weighted by Gasteiger charge is 2.25. The largest absolute Gasteiger partial charge is 0.467 e. The molecule has 10 nitrogen and oxygen atoms in total. The molecule has 3 amide bonds. The molecule has 2 aromatic rings. The number of nitrogens with zero attached hydrogens (tertiary/aromatic N) is 4. The van der Waals surface area contributed by atoms with Gasteiger partial charge in [0.2, 0.25) is 11.8 Å². The molecule has 0 atom stereocenters. The second kappa shape index (κ2) is 12.0. The summed E-state index contributed by atoms with van der Waals surface area (Å²) in [7, 11) is 1.69. The van der Waals surface area contributed by atoms with Gasteiger partial charge < -0.3 is 24.3 Å². The minimum absolute atomic E-state index is 0.0888. The Hall–Kier alpha value is -3.21. The number of piperazine rings is 1. The third kappa shape index (κ3) is 6.68. The van der Waals surface area contributed by atoms with Crippen LogP contribution in [0.1, 0.15) is 16.1 Å². The molecule has 188 valence electrons. The first-order valence-corrected chi connectivity index (χ1v) is 12.0. The van der Waals surface area contributed by atoms with Gasteiger partial charge >= 0.3 is 0 Å². The normalized spacial score (nSPS) is 17.2. The molecule has 10 heteroatoms. The first-order valence-electron chi connectivity index (χ1n) is 12.0. The zero-order valence-electron chi connectivity index (χ0n) is 20.1. The van der Waals surface area contributed by atoms with Crippen LogP contribution in [-0.2, 0) is 20.9 Å². The van der Waals surface area contributed by atoms with Gasteiger partial charge in [0, 0.05) is 46.3 Å². The number of hydrogen-bond donors (Lipinski definition) is 1. The summed E-state index contributed by atoms with van der Waals surface area (Å²) in [6.45, 7) is 6.33. The number of carbonyl (C=O) groups excluding carboxylic acids is 3. The van der Waals surface area contributed by atoms with Crippen molar-refractivity contribution in [1.29, 1.82) is 0 Å². The van der Waals surface area contributed by atoms with Crippen LogP contribution < -0.4 is 10.2 Å². The molecule has 1 aromatic carbocycles. The van der Waals surface area contributed by atoms with E-state index in [-0.39, 0.29) is 30.8 Å². The first-order chi connectivity index (χ1) is 17.0. The SMILES string of the molecule is CN(C(=O)CN1CCN(CC(=O)N2CCOCC2)CC1)c1ccccc1C(=O)NCc1ccco1. The molecule has 2 aliphatic rings. The number of likely N-dealkylation sites (N-methyl/N-ethyl adjacent to an activating group) is 1. The summed E-state index contributed by atoms with van der Waals surface area (Å²) in [6.07, 6.45) is 1.56.